The lowest BCUT2D eigenvalue weighted by atomic mass is 9.90. The van der Waals surface area contributed by atoms with Gasteiger partial charge in [0, 0.05) is 25.2 Å². The molecule has 0 radical (unpaired) electrons. The number of benzene rings is 1. The molecule has 2 aliphatic heterocycles. The molecule has 2 saturated heterocycles. The van der Waals surface area contributed by atoms with Gasteiger partial charge in [-0.25, -0.2) is 9.59 Å². The fourth-order valence-corrected chi connectivity index (χ4v) is 4.89. The smallest absolute Gasteiger partial charge is 0.409 e. The van der Waals surface area contributed by atoms with Crippen molar-refractivity contribution >= 4 is 23.9 Å². The summed E-state index contributed by atoms with van der Waals surface area (Å²) in [5.41, 5.74) is 0.358. The number of nitrogens with zero attached hydrogens (tertiary/aromatic N) is 1. The van der Waals surface area contributed by atoms with Gasteiger partial charge in [-0.2, -0.15) is 0 Å². The summed E-state index contributed by atoms with van der Waals surface area (Å²) in [5, 5.41) is 5.32. The van der Waals surface area contributed by atoms with E-state index in [9.17, 15) is 19.2 Å². The fraction of sp³-hybridized carbons (Fsp3) is 0.655. The zero-order valence-corrected chi connectivity index (χ0v) is 23.6. The summed E-state index contributed by atoms with van der Waals surface area (Å²) >= 11 is 0. The summed E-state index contributed by atoms with van der Waals surface area (Å²) < 4.78 is 16.5. The number of hydrogen-bond acceptors (Lipinski definition) is 7. The number of carbonyl (C=O) groups excluding carboxylic acids is 4. The Bertz CT molecular complexity index is 978. The normalized spacial score (nSPS) is 21.6. The summed E-state index contributed by atoms with van der Waals surface area (Å²) in [4.78, 5) is 52.7. The van der Waals surface area contributed by atoms with E-state index in [2.05, 4.69) is 10.6 Å². The Morgan fingerprint density at radius 1 is 1.15 bits per heavy atom. The van der Waals surface area contributed by atoms with Crippen LogP contribution >= 0.6 is 0 Å². The lowest BCUT2D eigenvalue weighted by Gasteiger charge is -2.26. The van der Waals surface area contributed by atoms with E-state index in [-0.39, 0.29) is 12.6 Å². The zero-order chi connectivity index (χ0) is 28.4. The average Bonchev–Trinajstić information content (AvgIpc) is 3.53. The number of amides is 3. The van der Waals surface area contributed by atoms with Crippen LogP contribution in [0.4, 0.5) is 9.59 Å². The molecule has 10 nitrogen and oxygen atoms in total. The highest BCUT2D eigenvalue weighted by Crippen LogP contribution is 2.32. The molecule has 1 aromatic carbocycles. The molecule has 3 rings (SSSR count). The van der Waals surface area contributed by atoms with Crippen molar-refractivity contribution in [3.05, 3.63) is 35.9 Å². The highest BCUT2D eigenvalue weighted by Gasteiger charge is 2.45. The summed E-state index contributed by atoms with van der Waals surface area (Å²) in [6.45, 7) is 9.92. The Hall–Kier alpha value is -3.14. The molecule has 2 N–H and O–H groups in total. The second kappa shape index (κ2) is 14.3. The van der Waals surface area contributed by atoms with Crippen molar-refractivity contribution in [3.63, 3.8) is 0 Å². The molecule has 3 amide bonds. The lowest BCUT2D eigenvalue weighted by Crippen LogP contribution is -2.49. The lowest BCUT2D eigenvalue weighted by molar-refractivity contribution is -0.139. The maximum Gasteiger partial charge on any atom is 0.409 e. The minimum Gasteiger partial charge on any atom is -0.449 e. The first-order valence-corrected chi connectivity index (χ1v) is 14.0. The van der Waals surface area contributed by atoms with E-state index in [1.165, 1.54) is 0 Å². The number of Topliss-reactive ketones (excluding diaryl/α,β-unsaturated/α-hetero) is 1. The molecule has 2 fully saturated rings. The van der Waals surface area contributed by atoms with Crippen molar-refractivity contribution in [1.29, 1.82) is 0 Å². The van der Waals surface area contributed by atoms with Gasteiger partial charge in [-0.05, 0) is 37.7 Å². The quantitative estimate of drug-likeness (QED) is 0.381. The number of carbonyl (C=O) groups is 4. The maximum atomic E-state index is 13.0. The summed E-state index contributed by atoms with van der Waals surface area (Å²) in [6.07, 6.45) is 1.68. The topological polar surface area (TPSA) is 123 Å². The first-order valence-electron chi connectivity index (χ1n) is 14.0. The Balaban J connectivity index is 1.52. The molecule has 0 aromatic heterocycles. The number of likely N-dealkylation sites (tertiary alicyclic amines) is 1. The molecular formula is C29H43N3O7. The SMILES string of the molecule is CCCC[C@H](NC(=O)O[C@@H]1CN(C(=O)OCCC2CCOC2)CC1(C)C)C(=O)C(=O)N[C@H](C)c1ccccc1. The van der Waals surface area contributed by atoms with Gasteiger partial charge in [-0.1, -0.05) is 63.9 Å². The third kappa shape index (κ3) is 8.95. The van der Waals surface area contributed by atoms with Crippen LogP contribution < -0.4 is 10.6 Å². The first-order chi connectivity index (χ1) is 18.6. The molecule has 39 heavy (non-hydrogen) atoms. The molecule has 2 heterocycles. The minimum absolute atomic E-state index is 0.189. The summed E-state index contributed by atoms with van der Waals surface area (Å²) in [6, 6.07) is 7.96. The summed E-state index contributed by atoms with van der Waals surface area (Å²) in [7, 11) is 0. The maximum absolute atomic E-state index is 13.0. The van der Waals surface area contributed by atoms with E-state index < -0.39 is 41.4 Å². The second-order valence-electron chi connectivity index (χ2n) is 11.2. The van der Waals surface area contributed by atoms with Gasteiger partial charge in [-0.15, -0.1) is 0 Å². The van der Waals surface area contributed by atoms with Gasteiger partial charge < -0.3 is 29.7 Å². The van der Waals surface area contributed by atoms with Crippen molar-refractivity contribution in [2.45, 2.75) is 78.0 Å². The third-order valence-electron chi connectivity index (χ3n) is 7.47. The molecule has 0 bridgehead atoms. The molecule has 2 aliphatic rings. The van der Waals surface area contributed by atoms with Crippen LogP contribution in [0.5, 0.6) is 0 Å². The van der Waals surface area contributed by atoms with E-state index in [1.54, 1.807) is 11.8 Å². The van der Waals surface area contributed by atoms with E-state index >= 15 is 0 Å². The molecule has 0 aliphatic carbocycles. The predicted molar refractivity (Wildman–Crippen MR) is 145 cm³/mol. The Labute approximate surface area is 231 Å². The first kappa shape index (κ1) is 30.4. The number of hydrogen-bond donors (Lipinski definition) is 2. The molecule has 0 spiro atoms. The number of alkyl carbamates (subject to hydrolysis) is 1. The highest BCUT2D eigenvalue weighted by atomic mass is 16.6. The van der Waals surface area contributed by atoms with E-state index in [0.717, 1.165) is 31.4 Å². The van der Waals surface area contributed by atoms with Crippen molar-refractivity contribution < 1.29 is 33.4 Å². The van der Waals surface area contributed by atoms with Crippen molar-refractivity contribution in [3.8, 4) is 0 Å². The Morgan fingerprint density at radius 3 is 2.56 bits per heavy atom. The molecule has 216 valence electrons. The van der Waals surface area contributed by atoms with Crippen LogP contribution in [-0.4, -0.2) is 73.8 Å². The van der Waals surface area contributed by atoms with Crippen LogP contribution in [0.3, 0.4) is 0 Å². The van der Waals surface area contributed by atoms with Crippen molar-refractivity contribution in [2.75, 3.05) is 32.9 Å². The molecule has 1 aromatic rings. The van der Waals surface area contributed by atoms with E-state index in [0.29, 0.717) is 38.5 Å². The molecule has 1 unspecified atom stereocenters. The van der Waals surface area contributed by atoms with Gasteiger partial charge in [0.25, 0.3) is 5.91 Å². The third-order valence-corrected chi connectivity index (χ3v) is 7.47. The van der Waals surface area contributed by atoms with Gasteiger partial charge in [0.15, 0.2) is 0 Å². The number of ether oxygens (including phenoxy) is 3. The van der Waals surface area contributed by atoms with Crippen molar-refractivity contribution in [2.24, 2.45) is 11.3 Å². The van der Waals surface area contributed by atoms with Crippen LogP contribution in [0.25, 0.3) is 0 Å². The van der Waals surface area contributed by atoms with Gasteiger partial charge in [0.05, 0.1) is 19.2 Å². The van der Waals surface area contributed by atoms with Crippen LogP contribution in [0.1, 0.15) is 71.4 Å². The van der Waals surface area contributed by atoms with E-state index in [1.807, 2.05) is 51.1 Å². The van der Waals surface area contributed by atoms with Crippen LogP contribution in [0.15, 0.2) is 30.3 Å². The number of rotatable bonds is 12. The van der Waals surface area contributed by atoms with Gasteiger partial charge >= 0.3 is 12.2 Å². The Kier molecular flexibility index (Phi) is 11.2. The predicted octanol–water partition coefficient (Wildman–Crippen LogP) is 3.99. The molecular weight excluding hydrogens is 502 g/mol. The Morgan fingerprint density at radius 2 is 1.90 bits per heavy atom. The van der Waals surface area contributed by atoms with E-state index in [4.69, 9.17) is 14.2 Å². The van der Waals surface area contributed by atoms with Crippen LogP contribution in [-0.2, 0) is 23.8 Å². The van der Waals surface area contributed by atoms with Crippen LogP contribution in [0, 0.1) is 11.3 Å². The number of nitrogens with one attached hydrogen (secondary N) is 2. The monoisotopic (exact) mass is 545 g/mol. The standard InChI is InChI=1S/C29H43N3O7/c1-5-6-12-23(25(33)26(34)30-20(2)22-10-8-7-9-11-22)31-27(35)39-24-17-32(19-29(24,3)4)28(36)38-16-14-21-13-15-37-18-21/h7-11,20-21,23-24H,5-6,12-19H2,1-4H3,(H,30,34)(H,31,35)/t20-,21?,23+,24-/m1/s1. The second-order valence-corrected chi connectivity index (χ2v) is 11.2. The van der Waals surface area contributed by atoms with Gasteiger partial charge in [0.1, 0.15) is 12.1 Å². The average molecular weight is 546 g/mol. The van der Waals surface area contributed by atoms with Crippen LogP contribution in [0.2, 0.25) is 0 Å². The number of unbranched alkanes of at least 4 members (excludes halogenated alkanes) is 1. The van der Waals surface area contributed by atoms with Gasteiger partial charge in [-0.3, -0.25) is 9.59 Å². The molecule has 4 atom stereocenters. The molecule has 0 saturated carbocycles. The highest BCUT2D eigenvalue weighted by molar-refractivity contribution is 6.38. The van der Waals surface area contributed by atoms with Gasteiger partial charge in [0.2, 0.25) is 5.78 Å². The summed E-state index contributed by atoms with van der Waals surface area (Å²) in [5.74, 6) is -1.06. The van der Waals surface area contributed by atoms with Crippen molar-refractivity contribution in [1.82, 2.24) is 15.5 Å². The zero-order valence-electron chi connectivity index (χ0n) is 23.6. The largest absolute Gasteiger partial charge is 0.449 e. The molecule has 10 heteroatoms. The number of ketones is 1. The fourth-order valence-electron chi connectivity index (χ4n) is 4.89. The minimum atomic E-state index is -1.01.